The van der Waals surface area contributed by atoms with Crippen molar-refractivity contribution in [3.8, 4) is 5.75 Å². The van der Waals surface area contributed by atoms with E-state index in [2.05, 4.69) is 20.1 Å². The third kappa shape index (κ3) is 4.27. The summed E-state index contributed by atoms with van der Waals surface area (Å²) < 4.78 is 12.7. The second kappa shape index (κ2) is 8.86. The largest absolute Gasteiger partial charge is 0.497 e. The normalized spacial score (nSPS) is 20.2. The molecule has 1 saturated heterocycles. The number of rotatable bonds is 7. The Labute approximate surface area is 169 Å². The van der Waals surface area contributed by atoms with Crippen LogP contribution in [0.15, 0.2) is 29.4 Å². The summed E-state index contributed by atoms with van der Waals surface area (Å²) in [4.78, 5) is 11.9. The van der Waals surface area contributed by atoms with Crippen molar-refractivity contribution in [1.82, 2.24) is 14.8 Å². The number of methoxy groups -OCH3 is 1. The molecule has 1 aliphatic heterocycles. The van der Waals surface area contributed by atoms with Gasteiger partial charge in [-0.15, -0.1) is 10.2 Å². The number of ether oxygens (including phenoxy) is 2. The Bertz CT molecular complexity index is 820. The van der Waals surface area contributed by atoms with Crippen LogP contribution in [0.4, 0.5) is 5.69 Å². The SMILES string of the molecule is COc1cccc(NCc2nnc(S[C@@H]3CCOC3=O)n2C2CCCCC2)c1. The first kappa shape index (κ1) is 19.1. The molecule has 1 N–H and O–H groups in total. The first-order valence-corrected chi connectivity index (χ1v) is 10.8. The fourth-order valence-electron chi connectivity index (χ4n) is 3.84. The van der Waals surface area contributed by atoms with Gasteiger partial charge in [0, 0.05) is 24.2 Å². The summed E-state index contributed by atoms with van der Waals surface area (Å²) in [6.45, 7) is 1.07. The van der Waals surface area contributed by atoms with Crippen molar-refractivity contribution in [2.24, 2.45) is 0 Å². The molecule has 28 heavy (non-hydrogen) atoms. The van der Waals surface area contributed by atoms with Crippen molar-refractivity contribution in [3.63, 3.8) is 0 Å². The van der Waals surface area contributed by atoms with E-state index in [1.807, 2.05) is 24.3 Å². The van der Waals surface area contributed by atoms with E-state index in [9.17, 15) is 4.79 Å². The number of cyclic esters (lactones) is 1. The summed E-state index contributed by atoms with van der Waals surface area (Å²) in [6, 6.07) is 8.25. The molecule has 7 nitrogen and oxygen atoms in total. The van der Waals surface area contributed by atoms with Crippen molar-refractivity contribution in [2.75, 3.05) is 19.0 Å². The van der Waals surface area contributed by atoms with Gasteiger partial charge in [-0.1, -0.05) is 37.1 Å². The molecule has 0 amide bonds. The third-order valence-electron chi connectivity index (χ3n) is 5.33. The van der Waals surface area contributed by atoms with Crippen LogP contribution in [-0.2, 0) is 16.1 Å². The van der Waals surface area contributed by atoms with E-state index in [4.69, 9.17) is 9.47 Å². The van der Waals surface area contributed by atoms with E-state index in [-0.39, 0.29) is 11.2 Å². The van der Waals surface area contributed by atoms with Gasteiger partial charge in [0.05, 0.1) is 20.3 Å². The molecule has 2 aliphatic rings. The molecule has 1 aliphatic carbocycles. The van der Waals surface area contributed by atoms with E-state index in [0.29, 0.717) is 19.2 Å². The number of nitrogens with one attached hydrogen (secondary N) is 1. The van der Waals surface area contributed by atoms with E-state index >= 15 is 0 Å². The second-order valence-electron chi connectivity index (χ2n) is 7.21. The van der Waals surface area contributed by atoms with Gasteiger partial charge in [-0.25, -0.2) is 0 Å². The lowest BCUT2D eigenvalue weighted by Crippen LogP contribution is -2.19. The molecule has 2 heterocycles. The van der Waals surface area contributed by atoms with Crippen LogP contribution in [-0.4, -0.2) is 39.7 Å². The number of carbonyl (C=O) groups is 1. The Balaban J connectivity index is 1.54. The Morgan fingerprint density at radius 2 is 2.11 bits per heavy atom. The third-order valence-corrected chi connectivity index (χ3v) is 6.53. The van der Waals surface area contributed by atoms with Crippen LogP contribution >= 0.6 is 11.8 Å². The van der Waals surface area contributed by atoms with Gasteiger partial charge in [0.25, 0.3) is 0 Å². The molecule has 1 aromatic heterocycles. The maximum atomic E-state index is 11.9. The Morgan fingerprint density at radius 1 is 1.25 bits per heavy atom. The number of esters is 1. The van der Waals surface area contributed by atoms with Gasteiger partial charge < -0.3 is 19.4 Å². The summed E-state index contributed by atoms with van der Waals surface area (Å²) in [7, 11) is 1.66. The zero-order chi connectivity index (χ0) is 19.3. The second-order valence-corrected chi connectivity index (χ2v) is 8.38. The minimum atomic E-state index is -0.175. The number of hydrogen-bond acceptors (Lipinski definition) is 7. The lowest BCUT2D eigenvalue weighted by Gasteiger charge is -2.26. The fraction of sp³-hybridized carbons (Fsp3) is 0.550. The topological polar surface area (TPSA) is 78.3 Å². The fourth-order valence-corrected chi connectivity index (χ4v) is 4.93. The van der Waals surface area contributed by atoms with Crippen LogP contribution in [0.25, 0.3) is 0 Å². The number of nitrogens with zero attached hydrogens (tertiary/aromatic N) is 3. The van der Waals surface area contributed by atoms with Crippen molar-refractivity contribution >= 4 is 23.4 Å². The molecule has 0 bridgehead atoms. The molecule has 0 spiro atoms. The summed E-state index contributed by atoms with van der Waals surface area (Å²) in [5.74, 6) is 1.58. The monoisotopic (exact) mass is 402 g/mol. The van der Waals surface area contributed by atoms with Crippen LogP contribution in [0.2, 0.25) is 0 Å². The van der Waals surface area contributed by atoms with Crippen molar-refractivity contribution in [3.05, 3.63) is 30.1 Å². The van der Waals surface area contributed by atoms with Gasteiger partial charge in [-0.3, -0.25) is 4.79 Å². The highest BCUT2D eigenvalue weighted by molar-refractivity contribution is 8.00. The zero-order valence-electron chi connectivity index (χ0n) is 16.1. The summed E-state index contributed by atoms with van der Waals surface area (Å²) in [5, 5.41) is 13.0. The van der Waals surface area contributed by atoms with E-state index in [0.717, 1.165) is 41.7 Å². The highest BCUT2D eigenvalue weighted by Gasteiger charge is 2.31. The molecule has 150 valence electrons. The van der Waals surface area contributed by atoms with Gasteiger partial charge in [0.15, 0.2) is 11.0 Å². The van der Waals surface area contributed by atoms with Gasteiger partial charge in [0.1, 0.15) is 11.0 Å². The highest BCUT2D eigenvalue weighted by Crippen LogP contribution is 2.35. The summed E-state index contributed by atoms with van der Waals surface area (Å²) in [6.07, 6.45) is 6.73. The predicted molar refractivity (Wildman–Crippen MR) is 108 cm³/mol. The molecule has 8 heteroatoms. The quantitative estimate of drug-likeness (QED) is 0.706. The number of hydrogen-bond donors (Lipinski definition) is 1. The molecule has 1 aromatic carbocycles. The van der Waals surface area contributed by atoms with Gasteiger partial charge in [0.2, 0.25) is 0 Å². The summed E-state index contributed by atoms with van der Waals surface area (Å²) in [5.41, 5.74) is 0.978. The van der Waals surface area contributed by atoms with E-state index in [1.54, 1.807) is 7.11 Å². The van der Waals surface area contributed by atoms with Crippen molar-refractivity contribution in [1.29, 1.82) is 0 Å². The van der Waals surface area contributed by atoms with Gasteiger partial charge in [-0.05, 0) is 25.0 Å². The first-order chi connectivity index (χ1) is 13.7. The molecule has 2 fully saturated rings. The molecular formula is C20H26N4O3S. The molecule has 1 atom stereocenters. The molecule has 0 unspecified atom stereocenters. The van der Waals surface area contributed by atoms with Crippen LogP contribution in [0.3, 0.4) is 0 Å². The van der Waals surface area contributed by atoms with E-state index in [1.165, 1.54) is 31.0 Å². The Hall–Kier alpha value is -2.22. The molecule has 0 radical (unpaired) electrons. The molecule has 1 saturated carbocycles. The standard InChI is InChI=1S/C20H26N4O3S/c1-26-16-9-5-6-14(12-16)21-13-18-22-23-20(28-17-10-11-27-19(17)25)24(18)15-7-3-2-4-8-15/h5-6,9,12,15,17,21H,2-4,7-8,10-11,13H2,1H3/t17-/m1/s1. The average Bonchev–Trinajstić information content (AvgIpc) is 3.33. The van der Waals surface area contributed by atoms with Crippen molar-refractivity contribution in [2.45, 2.75) is 61.5 Å². The van der Waals surface area contributed by atoms with Gasteiger partial charge in [-0.2, -0.15) is 0 Å². The molecular weight excluding hydrogens is 376 g/mol. The number of aromatic nitrogens is 3. The summed E-state index contributed by atoms with van der Waals surface area (Å²) >= 11 is 1.50. The lowest BCUT2D eigenvalue weighted by molar-refractivity contribution is -0.137. The first-order valence-electron chi connectivity index (χ1n) is 9.89. The van der Waals surface area contributed by atoms with Gasteiger partial charge >= 0.3 is 5.97 Å². The molecule has 4 rings (SSSR count). The Kier molecular flexibility index (Phi) is 6.04. The van der Waals surface area contributed by atoms with Crippen LogP contribution in [0.1, 0.15) is 50.4 Å². The average molecular weight is 403 g/mol. The Morgan fingerprint density at radius 3 is 2.86 bits per heavy atom. The van der Waals surface area contributed by atoms with Crippen LogP contribution < -0.4 is 10.1 Å². The predicted octanol–water partition coefficient (Wildman–Crippen LogP) is 3.81. The minimum Gasteiger partial charge on any atom is -0.497 e. The highest BCUT2D eigenvalue weighted by atomic mass is 32.2. The number of benzene rings is 1. The van der Waals surface area contributed by atoms with Crippen molar-refractivity contribution < 1.29 is 14.3 Å². The molecule has 2 aromatic rings. The maximum Gasteiger partial charge on any atom is 0.319 e. The van der Waals surface area contributed by atoms with Crippen LogP contribution in [0, 0.1) is 0 Å². The van der Waals surface area contributed by atoms with Crippen LogP contribution in [0.5, 0.6) is 5.75 Å². The van der Waals surface area contributed by atoms with E-state index < -0.39 is 0 Å². The smallest absolute Gasteiger partial charge is 0.319 e. The minimum absolute atomic E-state index is 0.140. The number of thioether (sulfide) groups is 1. The number of carbonyl (C=O) groups excluding carboxylic acids is 1. The lowest BCUT2D eigenvalue weighted by atomic mass is 9.95. The number of anilines is 1. The zero-order valence-corrected chi connectivity index (χ0v) is 16.9. The maximum absolute atomic E-state index is 11.9.